The van der Waals surface area contributed by atoms with Gasteiger partial charge in [-0.2, -0.15) is 9.78 Å². The predicted octanol–water partition coefficient (Wildman–Crippen LogP) is 1.36. The maximum atomic E-state index is 14.2. The van der Waals surface area contributed by atoms with Crippen LogP contribution < -0.4 is 11.2 Å². The number of aromatic nitrogens is 3. The van der Waals surface area contributed by atoms with Crippen molar-refractivity contribution in [2.24, 2.45) is 0 Å². The molecule has 0 atom stereocenters. The lowest BCUT2D eigenvalue weighted by atomic mass is 10.2. The smallest absolute Gasteiger partial charge is 0.352 e. The van der Waals surface area contributed by atoms with Crippen molar-refractivity contribution < 1.29 is 13.9 Å². The first kappa shape index (κ1) is 20.7. The van der Waals surface area contributed by atoms with Crippen LogP contribution in [-0.4, -0.2) is 51.5 Å². The molecule has 0 radical (unpaired) electrons. The zero-order valence-electron chi connectivity index (χ0n) is 17.0. The number of morpholine rings is 1. The van der Waals surface area contributed by atoms with Crippen molar-refractivity contribution in [3.8, 4) is 5.69 Å². The van der Waals surface area contributed by atoms with Gasteiger partial charge in [-0.25, -0.2) is 9.18 Å². The first-order valence-corrected chi connectivity index (χ1v) is 9.87. The van der Waals surface area contributed by atoms with Crippen LogP contribution in [0.5, 0.6) is 0 Å². The van der Waals surface area contributed by atoms with E-state index in [4.69, 9.17) is 4.74 Å². The van der Waals surface area contributed by atoms with E-state index in [2.05, 4.69) is 5.10 Å². The number of amides is 1. The Kier molecular flexibility index (Phi) is 5.77. The molecule has 8 nitrogen and oxygen atoms in total. The summed E-state index contributed by atoms with van der Waals surface area (Å²) >= 11 is 0. The Bertz CT molecular complexity index is 1240. The number of halogens is 1. The molecule has 1 amide bonds. The van der Waals surface area contributed by atoms with Crippen LogP contribution in [0.4, 0.5) is 4.39 Å². The number of rotatable bonds is 4. The van der Waals surface area contributed by atoms with E-state index in [9.17, 15) is 18.8 Å². The summed E-state index contributed by atoms with van der Waals surface area (Å²) in [6, 6.07) is 12.8. The molecule has 2 heterocycles. The van der Waals surface area contributed by atoms with E-state index in [0.717, 1.165) is 14.8 Å². The van der Waals surface area contributed by atoms with Crippen LogP contribution in [0.3, 0.4) is 0 Å². The lowest BCUT2D eigenvalue weighted by molar-refractivity contribution is 0.0295. The van der Waals surface area contributed by atoms with Gasteiger partial charge in [0.15, 0.2) is 0 Å². The second-order valence-corrected chi connectivity index (χ2v) is 7.27. The molecule has 0 N–H and O–H groups in total. The van der Waals surface area contributed by atoms with E-state index in [0.29, 0.717) is 32.0 Å². The Morgan fingerprint density at radius 3 is 2.55 bits per heavy atom. The minimum absolute atomic E-state index is 0.161. The number of hydrogen-bond donors (Lipinski definition) is 0. The second-order valence-electron chi connectivity index (χ2n) is 7.27. The van der Waals surface area contributed by atoms with Gasteiger partial charge in [0.25, 0.3) is 11.5 Å². The van der Waals surface area contributed by atoms with Gasteiger partial charge in [-0.05, 0) is 30.7 Å². The molecule has 0 aliphatic carbocycles. The Morgan fingerprint density at radius 1 is 1.10 bits per heavy atom. The normalized spacial score (nSPS) is 13.9. The molecular formula is C22H21FN4O4. The second kappa shape index (κ2) is 8.65. The number of carbonyl (C=O) groups is 1. The summed E-state index contributed by atoms with van der Waals surface area (Å²) in [7, 11) is 0. The average molecular weight is 424 g/mol. The zero-order valence-corrected chi connectivity index (χ0v) is 17.0. The summed E-state index contributed by atoms with van der Waals surface area (Å²) in [5, 5.41) is 4.13. The van der Waals surface area contributed by atoms with E-state index in [1.807, 2.05) is 13.0 Å². The number of nitrogens with zero attached hydrogens (tertiary/aromatic N) is 4. The molecule has 0 bridgehead atoms. The lowest BCUT2D eigenvalue weighted by Gasteiger charge is -2.26. The Balaban J connectivity index is 1.89. The fourth-order valence-corrected chi connectivity index (χ4v) is 3.43. The van der Waals surface area contributed by atoms with Gasteiger partial charge in [-0.15, -0.1) is 0 Å². The summed E-state index contributed by atoms with van der Waals surface area (Å²) in [6.45, 7) is 2.87. The molecule has 0 saturated carbocycles. The van der Waals surface area contributed by atoms with Crippen molar-refractivity contribution in [1.29, 1.82) is 0 Å². The maximum Gasteiger partial charge on any atom is 0.352 e. The summed E-state index contributed by atoms with van der Waals surface area (Å²) in [5.74, 6) is -1.13. The fraction of sp³-hybridized carbons (Fsp3) is 0.273. The van der Waals surface area contributed by atoms with Crippen molar-refractivity contribution in [1.82, 2.24) is 19.2 Å². The van der Waals surface area contributed by atoms with E-state index in [1.54, 1.807) is 24.3 Å². The molecule has 1 aromatic heterocycles. The van der Waals surface area contributed by atoms with Gasteiger partial charge in [0.05, 0.1) is 25.4 Å². The largest absolute Gasteiger partial charge is 0.378 e. The third-order valence-electron chi connectivity index (χ3n) is 5.09. The van der Waals surface area contributed by atoms with Crippen molar-refractivity contribution in [3.63, 3.8) is 0 Å². The highest BCUT2D eigenvalue weighted by molar-refractivity contribution is 5.91. The standard InChI is InChI=1S/C22H21FN4O4/c1-15-5-4-7-17(13-15)27-22(30)26(14-16-6-2-3-8-18(16)23)21(29)19(24-27)20(28)25-9-11-31-12-10-25/h2-8,13H,9-12,14H2,1H3. The Labute approximate surface area is 177 Å². The molecule has 160 valence electrons. The lowest BCUT2D eigenvalue weighted by Crippen LogP contribution is -2.48. The number of ether oxygens (including phenoxy) is 1. The third-order valence-corrected chi connectivity index (χ3v) is 5.09. The Hall–Kier alpha value is -3.59. The number of hydrogen-bond acceptors (Lipinski definition) is 5. The van der Waals surface area contributed by atoms with Gasteiger partial charge in [0.2, 0.25) is 5.69 Å². The average Bonchev–Trinajstić information content (AvgIpc) is 2.78. The molecule has 3 aromatic rings. The SMILES string of the molecule is Cc1cccc(-n2nc(C(=O)N3CCOCC3)c(=O)n(Cc3ccccc3F)c2=O)c1. The van der Waals surface area contributed by atoms with Gasteiger partial charge in [-0.1, -0.05) is 30.3 Å². The molecule has 0 unspecified atom stereocenters. The molecule has 1 fully saturated rings. The summed E-state index contributed by atoms with van der Waals surface area (Å²) in [6.07, 6.45) is 0. The first-order valence-electron chi connectivity index (χ1n) is 9.87. The quantitative estimate of drug-likeness (QED) is 0.631. The Morgan fingerprint density at radius 2 is 1.84 bits per heavy atom. The van der Waals surface area contributed by atoms with Gasteiger partial charge >= 0.3 is 5.69 Å². The van der Waals surface area contributed by atoms with Crippen LogP contribution in [0.1, 0.15) is 21.6 Å². The van der Waals surface area contributed by atoms with E-state index in [-0.39, 0.29) is 17.8 Å². The van der Waals surface area contributed by atoms with Crippen LogP contribution in [0.2, 0.25) is 0 Å². The van der Waals surface area contributed by atoms with Crippen LogP contribution in [0.15, 0.2) is 58.1 Å². The zero-order chi connectivity index (χ0) is 22.0. The van der Waals surface area contributed by atoms with Crippen LogP contribution in [0, 0.1) is 12.7 Å². The van der Waals surface area contributed by atoms with E-state index < -0.39 is 23.0 Å². The molecular weight excluding hydrogens is 403 g/mol. The molecule has 2 aromatic carbocycles. The first-order chi connectivity index (χ1) is 15.0. The van der Waals surface area contributed by atoms with Crippen LogP contribution >= 0.6 is 0 Å². The van der Waals surface area contributed by atoms with Crippen molar-refractivity contribution in [2.45, 2.75) is 13.5 Å². The maximum absolute atomic E-state index is 14.2. The van der Waals surface area contributed by atoms with Gasteiger partial charge < -0.3 is 9.64 Å². The molecule has 1 aliphatic heterocycles. The summed E-state index contributed by atoms with van der Waals surface area (Å²) < 4.78 is 21.4. The molecule has 1 aliphatic rings. The minimum atomic E-state index is -0.853. The highest BCUT2D eigenvalue weighted by Crippen LogP contribution is 2.10. The van der Waals surface area contributed by atoms with Crippen molar-refractivity contribution >= 4 is 5.91 Å². The molecule has 4 rings (SSSR count). The molecule has 9 heteroatoms. The van der Waals surface area contributed by atoms with E-state index in [1.165, 1.54) is 23.1 Å². The molecule has 31 heavy (non-hydrogen) atoms. The van der Waals surface area contributed by atoms with Crippen molar-refractivity contribution in [3.05, 3.63) is 92.0 Å². The topological polar surface area (TPSA) is 86.4 Å². The van der Waals surface area contributed by atoms with Crippen LogP contribution in [0.25, 0.3) is 5.69 Å². The predicted molar refractivity (Wildman–Crippen MR) is 111 cm³/mol. The third kappa shape index (κ3) is 4.17. The van der Waals surface area contributed by atoms with E-state index >= 15 is 0 Å². The number of benzene rings is 2. The van der Waals surface area contributed by atoms with Gasteiger partial charge in [0.1, 0.15) is 5.82 Å². The summed E-state index contributed by atoms with van der Waals surface area (Å²) in [5.41, 5.74) is -0.554. The van der Waals surface area contributed by atoms with Gasteiger partial charge in [0, 0.05) is 18.7 Å². The van der Waals surface area contributed by atoms with Crippen molar-refractivity contribution in [2.75, 3.05) is 26.3 Å². The number of aryl methyl sites for hydroxylation is 1. The molecule has 1 saturated heterocycles. The van der Waals surface area contributed by atoms with Crippen LogP contribution in [-0.2, 0) is 11.3 Å². The number of carbonyl (C=O) groups excluding carboxylic acids is 1. The monoisotopic (exact) mass is 424 g/mol. The fourth-order valence-electron chi connectivity index (χ4n) is 3.43. The highest BCUT2D eigenvalue weighted by atomic mass is 19.1. The summed E-state index contributed by atoms with van der Waals surface area (Å²) in [4.78, 5) is 40.8. The highest BCUT2D eigenvalue weighted by Gasteiger charge is 2.26. The minimum Gasteiger partial charge on any atom is -0.378 e. The van der Waals surface area contributed by atoms with Gasteiger partial charge in [-0.3, -0.25) is 14.2 Å². The molecule has 0 spiro atoms.